The fraction of sp³-hybridized carbons (Fsp3) is 0.250. The number of benzene rings is 1. The van der Waals surface area contributed by atoms with Gasteiger partial charge in [-0.3, -0.25) is 15.2 Å². The molecule has 1 aromatic heterocycles. The molecule has 0 fully saturated rings. The van der Waals surface area contributed by atoms with Crippen molar-refractivity contribution in [3.05, 3.63) is 46.0 Å². The second-order valence-electron chi connectivity index (χ2n) is 4.43. The van der Waals surface area contributed by atoms with E-state index in [9.17, 15) is 14.9 Å². The second-order valence-corrected chi connectivity index (χ2v) is 4.43. The van der Waals surface area contributed by atoms with Gasteiger partial charge in [-0.1, -0.05) is 6.07 Å². The Morgan fingerprint density at radius 2 is 2.29 bits per heavy atom. The summed E-state index contributed by atoms with van der Waals surface area (Å²) >= 11 is 0. The molecule has 2 aromatic rings. The number of amides is 2. The van der Waals surface area contributed by atoms with E-state index in [2.05, 4.69) is 20.5 Å². The summed E-state index contributed by atoms with van der Waals surface area (Å²) in [6.45, 7) is 1.99. The molecule has 110 valence electrons. The molecule has 0 spiro atoms. The Balaban J connectivity index is 2.00. The highest BCUT2D eigenvalue weighted by molar-refractivity contribution is 5.89. The van der Waals surface area contributed by atoms with E-state index >= 15 is 0 Å². The van der Waals surface area contributed by atoms with Crippen LogP contribution in [0.1, 0.15) is 11.6 Å². The summed E-state index contributed by atoms with van der Waals surface area (Å²) in [7, 11) is 1.58. The topological polar surface area (TPSA) is 117 Å². The van der Waals surface area contributed by atoms with E-state index < -0.39 is 11.0 Å². The van der Waals surface area contributed by atoms with Crippen LogP contribution in [0.5, 0.6) is 0 Å². The molecule has 2 amide bonds. The van der Waals surface area contributed by atoms with E-state index in [1.165, 1.54) is 23.1 Å². The molecule has 1 heterocycles. The maximum atomic E-state index is 12.0. The molecule has 0 unspecified atom stereocenters. The van der Waals surface area contributed by atoms with Crippen LogP contribution in [-0.2, 0) is 6.54 Å². The molecule has 0 atom stereocenters. The van der Waals surface area contributed by atoms with E-state index in [-0.39, 0.29) is 12.2 Å². The second kappa shape index (κ2) is 5.99. The lowest BCUT2D eigenvalue weighted by Crippen LogP contribution is -2.31. The average Bonchev–Trinajstić information content (AvgIpc) is 2.84. The summed E-state index contributed by atoms with van der Waals surface area (Å²) in [4.78, 5) is 27.6. The number of nitrogens with one attached hydrogen (secondary N) is 2. The number of aryl methyl sites for hydroxylation is 1. The number of H-pyrrole nitrogens is 1. The first-order valence-electron chi connectivity index (χ1n) is 6.10. The third kappa shape index (κ3) is 3.75. The first-order chi connectivity index (χ1) is 9.95. The van der Waals surface area contributed by atoms with Crippen molar-refractivity contribution in [3.8, 4) is 0 Å². The van der Waals surface area contributed by atoms with Crippen LogP contribution < -0.4 is 5.32 Å². The van der Waals surface area contributed by atoms with Crippen LogP contribution in [0, 0.1) is 17.0 Å². The largest absolute Gasteiger partial charge is 0.321 e. The summed E-state index contributed by atoms with van der Waals surface area (Å²) in [5, 5.41) is 19.9. The standard InChI is InChI=1S/C12H14N6O3/c1-8-13-11(16-15-8)7-17(2)12(19)14-9-4-3-5-10(6-9)18(20)21/h3-6H,7H2,1-2H3,(H,14,19)(H,13,15,16). The molecule has 21 heavy (non-hydrogen) atoms. The third-order valence-electron chi connectivity index (χ3n) is 2.68. The summed E-state index contributed by atoms with van der Waals surface area (Å²) < 4.78 is 0. The van der Waals surface area contributed by atoms with Gasteiger partial charge in [-0.05, 0) is 13.0 Å². The number of hydrogen-bond acceptors (Lipinski definition) is 5. The molecule has 0 bridgehead atoms. The van der Waals surface area contributed by atoms with Crippen LogP contribution in [0.2, 0.25) is 0 Å². The number of nitro benzene ring substituents is 1. The Kier molecular flexibility index (Phi) is 4.12. The summed E-state index contributed by atoms with van der Waals surface area (Å²) in [5.41, 5.74) is 0.271. The van der Waals surface area contributed by atoms with E-state index in [0.717, 1.165) is 0 Å². The molecular formula is C12H14N6O3. The molecule has 0 radical (unpaired) electrons. The molecule has 1 aromatic carbocycles. The fourth-order valence-corrected chi connectivity index (χ4v) is 1.66. The van der Waals surface area contributed by atoms with Crippen LogP contribution in [0.15, 0.2) is 24.3 Å². The molecule has 2 N–H and O–H groups in total. The Labute approximate surface area is 120 Å². The summed E-state index contributed by atoms with van der Waals surface area (Å²) in [6.07, 6.45) is 0. The van der Waals surface area contributed by atoms with E-state index in [0.29, 0.717) is 17.3 Å². The number of urea groups is 1. The SMILES string of the molecule is Cc1nc(CN(C)C(=O)Nc2cccc([N+](=O)[O-])c2)n[nH]1. The van der Waals surface area contributed by atoms with Crippen molar-refractivity contribution in [1.29, 1.82) is 0 Å². The molecule has 9 heteroatoms. The molecular weight excluding hydrogens is 276 g/mol. The highest BCUT2D eigenvalue weighted by Gasteiger charge is 2.13. The quantitative estimate of drug-likeness (QED) is 0.656. The lowest BCUT2D eigenvalue weighted by molar-refractivity contribution is -0.384. The third-order valence-corrected chi connectivity index (χ3v) is 2.68. The number of nitro groups is 1. The van der Waals surface area contributed by atoms with Gasteiger partial charge in [0.25, 0.3) is 5.69 Å². The number of nitrogens with zero attached hydrogens (tertiary/aromatic N) is 4. The van der Waals surface area contributed by atoms with Crippen LogP contribution in [0.25, 0.3) is 0 Å². The molecule has 0 aliphatic rings. The van der Waals surface area contributed by atoms with E-state index in [4.69, 9.17) is 0 Å². The van der Waals surface area contributed by atoms with Crippen LogP contribution in [0.3, 0.4) is 0 Å². The lowest BCUT2D eigenvalue weighted by atomic mass is 10.3. The zero-order chi connectivity index (χ0) is 15.4. The Hall–Kier alpha value is -2.97. The predicted octanol–water partition coefficient (Wildman–Crippen LogP) is 1.69. The Morgan fingerprint density at radius 1 is 1.52 bits per heavy atom. The number of carbonyl (C=O) groups excluding carboxylic acids is 1. The van der Waals surface area contributed by atoms with Crippen molar-refractivity contribution in [2.24, 2.45) is 0 Å². The highest BCUT2D eigenvalue weighted by Crippen LogP contribution is 2.17. The van der Waals surface area contributed by atoms with E-state index in [1.807, 2.05) is 0 Å². The molecule has 0 saturated carbocycles. The van der Waals surface area contributed by atoms with Gasteiger partial charge in [0.1, 0.15) is 5.82 Å². The van der Waals surface area contributed by atoms with Gasteiger partial charge in [0, 0.05) is 24.9 Å². The van der Waals surface area contributed by atoms with Gasteiger partial charge in [0.15, 0.2) is 5.82 Å². The van der Waals surface area contributed by atoms with Gasteiger partial charge in [0.05, 0.1) is 11.5 Å². The van der Waals surface area contributed by atoms with Crippen molar-refractivity contribution in [2.75, 3.05) is 12.4 Å². The normalized spacial score (nSPS) is 10.2. The number of non-ortho nitro benzene ring substituents is 1. The Morgan fingerprint density at radius 3 is 2.90 bits per heavy atom. The van der Waals surface area contributed by atoms with Crippen LogP contribution in [-0.4, -0.2) is 38.1 Å². The van der Waals surface area contributed by atoms with Crippen LogP contribution in [0.4, 0.5) is 16.2 Å². The number of anilines is 1. The van der Waals surface area contributed by atoms with Gasteiger partial charge in [-0.25, -0.2) is 9.78 Å². The molecule has 0 aliphatic carbocycles. The number of aromatic nitrogens is 3. The van der Waals surface area contributed by atoms with Crippen LogP contribution >= 0.6 is 0 Å². The van der Waals surface area contributed by atoms with E-state index in [1.54, 1.807) is 20.0 Å². The van der Waals surface area contributed by atoms with Gasteiger partial charge in [0.2, 0.25) is 0 Å². The first kappa shape index (κ1) is 14.4. The van der Waals surface area contributed by atoms with Crippen molar-refractivity contribution in [1.82, 2.24) is 20.1 Å². The number of aromatic amines is 1. The summed E-state index contributed by atoms with van der Waals surface area (Å²) in [6, 6.07) is 5.33. The lowest BCUT2D eigenvalue weighted by Gasteiger charge is -2.16. The molecule has 0 saturated heterocycles. The van der Waals surface area contributed by atoms with Crippen molar-refractivity contribution < 1.29 is 9.72 Å². The van der Waals surface area contributed by atoms with Crippen molar-refractivity contribution in [2.45, 2.75) is 13.5 Å². The highest BCUT2D eigenvalue weighted by atomic mass is 16.6. The van der Waals surface area contributed by atoms with Crippen molar-refractivity contribution >= 4 is 17.4 Å². The maximum absolute atomic E-state index is 12.0. The van der Waals surface area contributed by atoms with Gasteiger partial charge in [-0.15, -0.1) is 0 Å². The minimum atomic E-state index is -0.518. The predicted molar refractivity (Wildman–Crippen MR) is 74.7 cm³/mol. The number of rotatable bonds is 4. The first-order valence-corrected chi connectivity index (χ1v) is 6.10. The number of carbonyl (C=O) groups is 1. The minimum absolute atomic E-state index is 0.0833. The van der Waals surface area contributed by atoms with Gasteiger partial charge < -0.3 is 10.2 Å². The van der Waals surface area contributed by atoms with Crippen molar-refractivity contribution in [3.63, 3.8) is 0 Å². The number of hydrogen-bond donors (Lipinski definition) is 2. The minimum Gasteiger partial charge on any atom is -0.320 e. The molecule has 0 aliphatic heterocycles. The molecule has 9 nitrogen and oxygen atoms in total. The maximum Gasteiger partial charge on any atom is 0.321 e. The fourth-order valence-electron chi connectivity index (χ4n) is 1.66. The zero-order valence-electron chi connectivity index (χ0n) is 11.5. The Bertz CT molecular complexity index is 669. The van der Waals surface area contributed by atoms with Gasteiger partial charge in [-0.2, -0.15) is 5.10 Å². The smallest absolute Gasteiger partial charge is 0.320 e. The zero-order valence-corrected chi connectivity index (χ0v) is 11.5. The molecule has 2 rings (SSSR count). The average molecular weight is 290 g/mol. The monoisotopic (exact) mass is 290 g/mol. The van der Waals surface area contributed by atoms with Gasteiger partial charge >= 0.3 is 6.03 Å². The summed E-state index contributed by atoms with van der Waals surface area (Å²) in [5.74, 6) is 1.15.